The molecule has 3 heterocycles. The predicted molar refractivity (Wildman–Crippen MR) is 114 cm³/mol. The number of hydrogen-bond donors (Lipinski definition) is 3. The molecule has 3 N–H and O–H groups in total. The number of carbonyl (C=O) groups excluding carboxylic acids is 4. The third-order valence-corrected chi connectivity index (χ3v) is 5.85. The van der Waals surface area contributed by atoms with Gasteiger partial charge in [0.05, 0.1) is 11.1 Å². The molecule has 1 fully saturated rings. The van der Waals surface area contributed by atoms with Crippen LogP contribution in [0.3, 0.4) is 0 Å². The highest BCUT2D eigenvalue weighted by molar-refractivity contribution is 6.25. The van der Waals surface area contributed by atoms with Gasteiger partial charge in [-0.25, -0.2) is 0 Å². The van der Waals surface area contributed by atoms with Gasteiger partial charge in [-0.15, -0.1) is 0 Å². The molecule has 0 aliphatic carbocycles. The number of nitrogens with one attached hydrogen (secondary N) is 3. The minimum absolute atomic E-state index is 0.0968. The van der Waals surface area contributed by atoms with E-state index in [4.69, 9.17) is 0 Å². The van der Waals surface area contributed by atoms with Gasteiger partial charge in [0, 0.05) is 35.8 Å². The van der Waals surface area contributed by atoms with Crippen LogP contribution in [0.15, 0.2) is 48.7 Å². The average Bonchev–Trinajstić information content (AvgIpc) is 3.28. The molecule has 2 aliphatic heterocycles. The van der Waals surface area contributed by atoms with Gasteiger partial charge in [0.1, 0.15) is 6.04 Å². The molecular formula is C23H20N4O4. The number of para-hydroxylation sites is 1. The zero-order valence-electron chi connectivity index (χ0n) is 16.6. The second-order valence-electron chi connectivity index (χ2n) is 7.71. The van der Waals surface area contributed by atoms with Crippen LogP contribution < -0.4 is 10.6 Å². The van der Waals surface area contributed by atoms with Crippen molar-refractivity contribution in [1.82, 2.24) is 15.2 Å². The highest BCUT2D eigenvalue weighted by Gasteiger charge is 2.45. The molecule has 0 saturated carbocycles. The van der Waals surface area contributed by atoms with Gasteiger partial charge in [0.15, 0.2) is 0 Å². The SMILES string of the molecule is O=C1CCC(N2C(=O)c3cccc(NCCc4c[nH]c5ccccc45)c3C2=O)C(=O)N1. The Labute approximate surface area is 177 Å². The Morgan fingerprint density at radius 1 is 1.00 bits per heavy atom. The first-order chi connectivity index (χ1) is 15.0. The van der Waals surface area contributed by atoms with Gasteiger partial charge in [0.25, 0.3) is 11.8 Å². The highest BCUT2D eigenvalue weighted by Crippen LogP contribution is 2.32. The summed E-state index contributed by atoms with van der Waals surface area (Å²) in [5, 5.41) is 6.63. The lowest BCUT2D eigenvalue weighted by molar-refractivity contribution is -0.136. The summed E-state index contributed by atoms with van der Waals surface area (Å²) >= 11 is 0. The molecule has 0 radical (unpaired) electrons. The van der Waals surface area contributed by atoms with Gasteiger partial charge in [-0.2, -0.15) is 0 Å². The number of amides is 4. The number of rotatable bonds is 5. The van der Waals surface area contributed by atoms with E-state index in [1.54, 1.807) is 18.2 Å². The smallest absolute Gasteiger partial charge is 0.264 e. The number of aromatic amines is 1. The Morgan fingerprint density at radius 3 is 2.68 bits per heavy atom. The van der Waals surface area contributed by atoms with Gasteiger partial charge >= 0.3 is 0 Å². The molecule has 8 heteroatoms. The van der Waals surface area contributed by atoms with Crippen LogP contribution >= 0.6 is 0 Å². The van der Waals surface area contributed by atoms with E-state index in [0.29, 0.717) is 12.2 Å². The molecule has 1 unspecified atom stereocenters. The Balaban J connectivity index is 1.35. The number of piperidine rings is 1. The van der Waals surface area contributed by atoms with E-state index >= 15 is 0 Å². The molecular weight excluding hydrogens is 396 g/mol. The number of carbonyl (C=O) groups is 4. The van der Waals surface area contributed by atoms with Gasteiger partial charge in [0.2, 0.25) is 11.8 Å². The maximum atomic E-state index is 13.1. The van der Waals surface area contributed by atoms with Crippen molar-refractivity contribution >= 4 is 40.2 Å². The maximum absolute atomic E-state index is 13.1. The summed E-state index contributed by atoms with van der Waals surface area (Å²) in [7, 11) is 0. The van der Waals surface area contributed by atoms with Crippen LogP contribution in [0.4, 0.5) is 5.69 Å². The first kappa shape index (κ1) is 19.0. The molecule has 5 rings (SSSR count). The van der Waals surface area contributed by atoms with Crippen molar-refractivity contribution in [3.8, 4) is 0 Å². The second-order valence-corrected chi connectivity index (χ2v) is 7.71. The molecule has 0 spiro atoms. The van der Waals surface area contributed by atoms with Gasteiger partial charge < -0.3 is 10.3 Å². The van der Waals surface area contributed by atoms with Gasteiger partial charge in [-0.1, -0.05) is 24.3 Å². The molecule has 0 bridgehead atoms. The van der Waals surface area contributed by atoms with E-state index in [1.807, 2.05) is 24.4 Å². The molecule has 2 aliphatic rings. The molecule has 3 aromatic rings. The second kappa shape index (κ2) is 7.39. The normalized spacial score (nSPS) is 18.5. The number of anilines is 1. The zero-order valence-corrected chi connectivity index (χ0v) is 16.6. The molecule has 4 amide bonds. The monoisotopic (exact) mass is 416 g/mol. The summed E-state index contributed by atoms with van der Waals surface area (Å²) in [6.07, 6.45) is 2.94. The van der Waals surface area contributed by atoms with Crippen LogP contribution in [0.1, 0.15) is 39.1 Å². The molecule has 1 saturated heterocycles. The lowest BCUT2D eigenvalue weighted by Crippen LogP contribution is -2.54. The summed E-state index contributed by atoms with van der Waals surface area (Å²) in [6, 6.07) is 12.1. The topological polar surface area (TPSA) is 111 Å². The van der Waals surface area contributed by atoms with Gasteiger partial charge in [-0.3, -0.25) is 29.4 Å². The number of hydrogen-bond acceptors (Lipinski definition) is 5. The molecule has 1 aromatic heterocycles. The molecule has 1 atom stereocenters. The Kier molecular flexibility index (Phi) is 4.54. The van der Waals surface area contributed by atoms with Crippen molar-refractivity contribution < 1.29 is 19.2 Å². The molecule has 2 aromatic carbocycles. The summed E-state index contributed by atoms with van der Waals surface area (Å²) in [4.78, 5) is 53.9. The zero-order chi connectivity index (χ0) is 21.5. The van der Waals surface area contributed by atoms with Crippen molar-refractivity contribution in [2.45, 2.75) is 25.3 Å². The van der Waals surface area contributed by atoms with E-state index in [1.165, 1.54) is 0 Å². The minimum atomic E-state index is -0.968. The van der Waals surface area contributed by atoms with E-state index in [9.17, 15) is 19.2 Å². The van der Waals surface area contributed by atoms with E-state index in [2.05, 4.69) is 21.7 Å². The number of H-pyrrole nitrogens is 1. The van der Waals surface area contributed by atoms with Crippen LogP contribution in [0.2, 0.25) is 0 Å². The van der Waals surface area contributed by atoms with Crippen LogP contribution in [-0.2, 0) is 16.0 Å². The highest BCUT2D eigenvalue weighted by atomic mass is 16.2. The molecule has 156 valence electrons. The quantitative estimate of drug-likeness (QED) is 0.553. The lowest BCUT2D eigenvalue weighted by atomic mass is 10.0. The van der Waals surface area contributed by atoms with E-state index in [-0.39, 0.29) is 24.0 Å². The van der Waals surface area contributed by atoms with E-state index in [0.717, 1.165) is 27.8 Å². The molecule has 31 heavy (non-hydrogen) atoms. The summed E-state index contributed by atoms with van der Waals surface area (Å²) in [5.74, 6) is -2.02. The van der Waals surface area contributed by atoms with Crippen molar-refractivity contribution in [3.63, 3.8) is 0 Å². The summed E-state index contributed by atoms with van der Waals surface area (Å²) in [6.45, 7) is 0.568. The fourth-order valence-corrected chi connectivity index (χ4v) is 4.33. The van der Waals surface area contributed by atoms with Crippen LogP contribution in [0, 0.1) is 0 Å². The summed E-state index contributed by atoms with van der Waals surface area (Å²) < 4.78 is 0. The van der Waals surface area contributed by atoms with Crippen molar-refractivity contribution in [1.29, 1.82) is 0 Å². The fourth-order valence-electron chi connectivity index (χ4n) is 4.33. The van der Waals surface area contributed by atoms with Crippen molar-refractivity contribution in [3.05, 3.63) is 65.4 Å². The van der Waals surface area contributed by atoms with E-state index < -0.39 is 29.7 Å². The third kappa shape index (κ3) is 3.16. The van der Waals surface area contributed by atoms with Crippen molar-refractivity contribution in [2.24, 2.45) is 0 Å². The van der Waals surface area contributed by atoms with Gasteiger partial charge in [-0.05, 0) is 36.6 Å². The predicted octanol–water partition coefficient (Wildman–Crippen LogP) is 2.22. The maximum Gasteiger partial charge on any atom is 0.264 e. The Morgan fingerprint density at radius 2 is 1.84 bits per heavy atom. The lowest BCUT2D eigenvalue weighted by Gasteiger charge is -2.27. The number of fused-ring (bicyclic) bond motifs is 2. The van der Waals surface area contributed by atoms with Crippen LogP contribution in [-0.4, -0.2) is 46.1 Å². The van der Waals surface area contributed by atoms with Crippen LogP contribution in [0.25, 0.3) is 10.9 Å². The average molecular weight is 416 g/mol. The third-order valence-electron chi connectivity index (χ3n) is 5.85. The first-order valence-corrected chi connectivity index (χ1v) is 10.2. The Hall–Kier alpha value is -3.94. The number of aromatic nitrogens is 1. The molecule has 8 nitrogen and oxygen atoms in total. The number of benzene rings is 2. The number of nitrogens with zero attached hydrogens (tertiary/aromatic N) is 1. The number of imide groups is 2. The van der Waals surface area contributed by atoms with Crippen molar-refractivity contribution in [2.75, 3.05) is 11.9 Å². The first-order valence-electron chi connectivity index (χ1n) is 10.2. The summed E-state index contributed by atoms with van der Waals surface area (Å²) in [5.41, 5.74) is 3.33. The minimum Gasteiger partial charge on any atom is -0.384 e. The van der Waals surface area contributed by atoms with Crippen LogP contribution in [0.5, 0.6) is 0 Å². The Bertz CT molecular complexity index is 1250. The largest absolute Gasteiger partial charge is 0.384 e. The standard InChI is InChI=1S/C23H20N4O4/c28-19-9-8-18(21(29)26-19)27-22(30)15-5-3-7-17(20(15)23(27)31)24-11-10-13-12-25-16-6-2-1-4-14(13)16/h1-7,12,18,24-25H,8-11H2,(H,26,28,29). The fraction of sp³-hybridized carbons (Fsp3) is 0.217.